The van der Waals surface area contributed by atoms with Crippen LogP contribution >= 0.6 is 0 Å². The van der Waals surface area contributed by atoms with Gasteiger partial charge >= 0.3 is 5.69 Å². The van der Waals surface area contributed by atoms with Crippen molar-refractivity contribution in [3.63, 3.8) is 0 Å². The molecular formula is C6H8N6O2. The molecular weight excluding hydrogens is 188 g/mol. The molecule has 0 aliphatic carbocycles. The molecule has 0 spiro atoms. The van der Waals surface area contributed by atoms with E-state index >= 15 is 0 Å². The average molecular weight is 196 g/mol. The van der Waals surface area contributed by atoms with Crippen molar-refractivity contribution in [1.29, 1.82) is 0 Å². The third kappa shape index (κ3) is 1.01. The number of fused-ring (bicyclic) bond motifs is 1. The highest BCUT2D eigenvalue weighted by Gasteiger charge is 2.09. The predicted octanol–water partition coefficient (Wildman–Crippen LogP) is -1.76. The Hall–Kier alpha value is -2.09. The van der Waals surface area contributed by atoms with Crippen LogP contribution < -0.4 is 22.5 Å². The lowest BCUT2D eigenvalue weighted by Crippen LogP contribution is -2.28. The van der Waals surface area contributed by atoms with Crippen molar-refractivity contribution in [3.8, 4) is 0 Å². The molecule has 0 aliphatic rings. The minimum absolute atomic E-state index is 0.208. The molecule has 0 aromatic carbocycles. The summed E-state index contributed by atoms with van der Waals surface area (Å²) in [4.78, 5) is 31.1. The highest BCUT2D eigenvalue weighted by molar-refractivity contribution is 5.72. The topological polar surface area (TPSA) is 122 Å². The molecule has 2 aromatic heterocycles. The first kappa shape index (κ1) is 8.51. The van der Waals surface area contributed by atoms with Crippen LogP contribution in [0.1, 0.15) is 0 Å². The van der Waals surface area contributed by atoms with Crippen molar-refractivity contribution in [2.75, 3.05) is 5.43 Å². The number of aromatic nitrogens is 4. The maximum absolute atomic E-state index is 11.3. The van der Waals surface area contributed by atoms with Crippen LogP contribution in [-0.2, 0) is 7.05 Å². The number of imidazole rings is 1. The van der Waals surface area contributed by atoms with Gasteiger partial charge in [-0.25, -0.2) is 10.6 Å². The number of hydrogen-bond donors (Lipinski definition) is 4. The number of rotatable bonds is 1. The molecule has 2 aromatic rings. The zero-order valence-electron chi connectivity index (χ0n) is 7.29. The summed E-state index contributed by atoms with van der Waals surface area (Å²) in [5.74, 6) is 5.34. The van der Waals surface area contributed by atoms with Gasteiger partial charge in [0, 0.05) is 7.05 Å². The van der Waals surface area contributed by atoms with E-state index in [1.54, 1.807) is 0 Å². The van der Waals surface area contributed by atoms with Crippen LogP contribution in [0.15, 0.2) is 9.59 Å². The van der Waals surface area contributed by atoms with Crippen molar-refractivity contribution < 1.29 is 0 Å². The molecule has 0 radical (unpaired) electrons. The highest BCUT2D eigenvalue weighted by atomic mass is 16.2. The molecule has 0 aliphatic heterocycles. The van der Waals surface area contributed by atoms with Gasteiger partial charge in [-0.15, -0.1) is 0 Å². The van der Waals surface area contributed by atoms with Crippen molar-refractivity contribution in [3.05, 3.63) is 20.8 Å². The molecule has 5 N–H and O–H groups in total. The Kier molecular flexibility index (Phi) is 1.64. The third-order valence-electron chi connectivity index (χ3n) is 1.89. The largest absolute Gasteiger partial charge is 0.329 e. The van der Waals surface area contributed by atoms with E-state index in [2.05, 4.69) is 20.4 Å². The van der Waals surface area contributed by atoms with Crippen LogP contribution in [0, 0.1) is 0 Å². The summed E-state index contributed by atoms with van der Waals surface area (Å²) in [7, 11) is 1.50. The van der Waals surface area contributed by atoms with Gasteiger partial charge in [0.1, 0.15) is 0 Å². The summed E-state index contributed by atoms with van der Waals surface area (Å²) in [5, 5.41) is 0. The summed E-state index contributed by atoms with van der Waals surface area (Å²) in [5.41, 5.74) is 1.69. The molecule has 0 saturated heterocycles. The number of H-pyrrole nitrogens is 2. The SMILES string of the molecule is Cn1c(=O)[nH]c(=O)c2[nH]c(NN)nc21. The molecule has 0 atom stereocenters. The van der Waals surface area contributed by atoms with Gasteiger partial charge in [0.15, 0.2) is 11.2 Å². The lowest BCUT2D eigenvalue weighted by molar-refractivity contribution is 0.832. The van der Waals surface area contributed by atoms with Crippen molar-refractivity contribution in [1.82, 2.24) is 19.5 Å². The Morgan fingerprint density at radius 3 is 2.79 bits per heavy atom. The maximum atomic E-state index is 11.3. The average Bonchev–Trinajstić information content (AvgIpc) is 2.58. The Morgan fingerprint density at radius 1 is 1.43 bits per heavy atom. The first-order valence-corrected chi connectivity index (χ1v) is 3.79. The summed E-state index contributed by atoms with van der Waals surface area (Å²) >= 11 is 0. The summed E-state index contributed by atoms with van der Waals surface area (Å²) in [6, 6.07) is 0. The molecule has 0 saturated carbocycles. The minimum atomic E-state index is -0.517. The van der Waals surface area contributed by atoms with E-state index in [1.807, 2.05) is 0 Å². The standard InChI is InChI=1S/C6H8N6O2/c1-12-3-2(4(13)10-6(12)14)8-5(9-3)11-7/h7H2,1H3,(H2,8,9,11)(H,10,13,14). The first-order valence-electron chi connectivity index (χ1n) is 3.79. The zero-order valence-corrected chi connectivity index (χ0v) is 7.29. The Labute approximate surface area is 76.7 Å². The fraction of sp³-hybridized carbons (Fsp3) is 0.167. The van der Waals surface area contributed by atoms with E-state index in [1.165, 1.54) is 11.6 Å². The zero-order chi connectivity index (χ0) is 10.3. The summed E-state index contributed by atoms with van der Waals surface area (Å²) < 4.78 is 1.22. The van der Waals surface area contributed by atoms with E-state index < -0.39 is 11.2 Å². The number of hydrazine groups is 1. The third-order valence-corrected chi connectivity index (χ3v) is 1.89. The van der Waals surface area contributed by atoms with E-state index in [-0.39, 0.29) is 17.1 Å². The molecule has 8 nitrogen and oxygen atoms in total. The predicted molar refractivity (Wildman–Crippen MR) is 49.8 cm³/mol. The molecule has 8 heteroatoms. The number of hydrogen-bond acceptors (Lipinski definition) is 5. The second-order valence-corrected chi connectivity index (χ2v) is 2.75. The Morgan fingerprint density at radius 2 is 2.14 bits per heavy atom. The smallest absolute Gasteiger partial charge is 0.317 e. The van der Waals surface area contributed by atoms with Gasteiger partial charge in [-0.05, 0) is 0 Å². The van der Waals surface area contributed by atoms with Crippen LogP contribution in [0.2, 0.25) is 0 Å². The van der Waals surface area contributed by atoms with Crippen LogP contribution in [-0.4, -0.2) is 19.5 Å². The monoisotopic (exact) mass is 196 g/mol. The fourth-order valence-corrected chi connectivity index (χ4v) is 1.17. The molecule has 2 rings (SSSR count). The minimum Gasteiger partial charge on any atom is -0.317 e. The fourth-order valence-electron chi connectivity index (χ4n) is 1.17. The number of nitrogen functional groups attached to an aromatic ring is 1. The number of nitrogens with two attached hydrogens (primary N) is 1. The van der Waals surface area contributed by atoms with Crippen LogP contribution in [0.25, 0.3) is 11.2 Å². The molecule has 2 heterocycles. The van der Waals surface area contributed by atoms with Crippen LogP contribution in [0.5, 0.6) is 0 Å². The lowest BCUT2D eigenvalue weighted by Gasteiger charge is -1.94. The quantitative estimate of drug-likeness (QED) is 0.318. The van der Waals surface area contributed by atoms with E-state index in [9.17, 15) is 9.59 Å². The first-order chi connectivity index (χ1) is 6.63. The number of nitrogens with zero attached hydrogens (tertiary/aromatic N) is 2. The van der Waals surface area contributed by atoms with Gasteiger partial charge in [0.2, 0.25) is 5.95 Å². The Balaban J connectivity index is 2.99. The molecule has 0 fully saturated rings. The summed E-state index contributed by atoms with van der Waals surface area (Å²) in [6.07, 6.45) is 0. The Bertz CT molecular complexity index is 590. The van der Waals surface area contributed by atoms with Crippen LogP contribution in [0.4, 0.5) is 5.95 Å². The molecule has 0 bridgehead atoms. The van der Waals surface area contributed by atoms with Gasteiger partial charge in [-0.1, -0.05) is 0 Å². The second kappa shape index (κ2) is 2.70. The van der Waals surface area contributed by atoms with E-state index in [0.717, 1.165) is 0 Å². The normalized spacial score (nSPS) is 10.7. The number of aromatic amines is 2. The van der Waals surface area contributed by atoms with Crippen LogP contribution in [0.3, 0.4) is 0 Å². The van der Waals surface area contributed by atoms with Crippen molar-refractivity contribution >= 4 is 17.1 Å². The maximum Gasteiger partial charge on any atom is 0.329 e. The van der Waals surface area contributed by atoms with E-state index in [0.29, 0.717) is 0 Å². The summed E-state index contributed by atoms with van der Waals surface area (Å²) in [6.45, 7) is 0. The highest BCUT2D eigenvalue weighted by Crippen LogP contribution is 2.05. The van der Waals surface area contributed by atoms with Gasteiger partial charge in [-0.2, -0.15) is 4.98 Å². The van der Waals surface area contributed by atoms with Gasteiger partial charge in [0.25, 0.3) is 5.56 Å². The van der Waals surface area contributed by atoms with Crippen molar-refractivity contribution in [2.45, 2.75) is 0 Å². The molecule has 74 valence electrons. The number of anilines is 1. The van der Waals surface area contributed by atoms with Gasteiger partial charge < -0.3 is 4.98 Å². The van der Waals surface area contributed by atoms with E-state index in [4.69, 9.17) is 5.84 Å². The molecule has 0 amide bonds. The number of aryl methyl sites for hydroxylation is 1. The second-order valence-electron chi connectivity index (χ2n) is 2.75. The van der Waals surface area contributed by atoms with Crippen molar-refractivity contribution in [2.24, 2.45) is 12.9 Å². The van der Waals surface area contributed by atoms with Gasteiger partial charge in [0.05, 0.1) is 0 Å². The lowest BCUT2D eigenvalue weighted by atomic mass is 10.5. The number of nitrogens with one attached hydrogen (secondary N) is 3. The van der Waals surface area contributed by atoms with Gasteiger partial charge in [-0.3, -0.25) is 19.8 Å². The molecule has 14 heavy (non-hydrogen) atoms. The molecule has 0 unspecified atom stereocenters.